The number of carboxylic acid groups (broad SMARTS) is 1. The van der Waals surface area contributed by atoms with E-state index in [1.54, 1.807) is 12.4 Å². The van der Waals surface area contributed by atoms with Gasteiger partial charge in [0.2, 0.25) is 5.91 Å². The Hall–Kier alpha value is -2.89. The Morgan fingerprint density at radius 1 is 1.10 bits per heavy atom. The second kappa shape index (κ2) is 13.4. The van der Waals surface area contributed by atoms with Crippen molar-refractivity contribution >= 4 is 28.9 Å². The number of anilines is 1. The largest absolute Gasteiger partial charge is 0.488 e. The van der Waals surface area contributed by atoms with Crippen molar-refractivity contribution in [1.29, 1.82) is 0 Å². The number of thiophene rings is 1. The first-order chi connectivity index (χ1) is 19.4. The van der Waals surface area contributed by atoms with Crippen molar-refractivity contribution in [2.24, 2.45) is 17.3 Å². The van der Waals surface area contributed by atoms with Gasteiger partial charge < -0.3 is 19.6 Å². The van der Waals surface area contributed by atoms with Crippen molar-refractivity contribution in [2.75, 3.05) is 19.0 Å². The second-order valence-corrected chi connectivity index (χ2v) is 14.1. The molecule has 2 aliphatic rings. The Labute approximate surface area is 249 Å². The van der Waals surface area contributed by atoms with Crippen LogP contribution in [-0.4, -0.2) is 53.1 Å². The molecule has 8 heteroatoms. The summed E-state index contributed by atoms with van der Waals surface area (Å²) >= 11 is 1.17. The lowest BCUT2D eigenvalue weighted by atomic mass is 9.81. The summed E-state index contributed by atoms with van der Waals surface area (Å²) in [5, 5.41) is 10.2. The van der Waals surface area contributed by atoms with E-state index in [-0.39, 0.29) is 34.3 Å². The predicted octanol–water partition coefficient (Wildman–Crippen LogP) is 6.85. The number of amides is 1. The summed E-state index contributed by atoms with van der Waals surface area (Å²) in [7, 11) is 4.06. The summed E-state index contributed by atoms with van der Waals surface area (Å²) in [5.41, 5.74) is 1.40. The number of hydrogen-bond donors (Lipinski definition) is 1. The maximum Gasteiger partial charge on any atom is 0.348 e. The van der Waals surface area contributed by atoms with Gasteiger partial charge in [-0.2, -0.15) is 0 Å². The quantitative estimate of drug-likeness (QED) is 0.345. The van der Waals surface area contributed by atoms with Crippen molar-refractivity contribution in [2.45, 2.75) is 97.8 Å². The third-order valence-corrected chi connectivity index (χ3v) is 9.02. The van der Waals surface area contributed by atoms with Gasteiger partial charge in [0.05, 0.1) is 22.9 Å². The number of aromatic carboxylic acids is 1. The molecule has 0 saturated heterocycles. The average Bonchev–Trinajstić information content (AvgIpc) is 3.34. The zero-order valence-electron chi connectivity index (χ0n) is 25.4. The second-order valence-electron chi connectivity index (χ2n) is 13.1. The summed E-state index contributed by atoms with van der Waals surface area (Å²) in [5.74, 6) is 6.81. The van der Waals surface area contributed by atoms with Crippen LogP contribution in [0.1, 0.15) is 99.2 Å². The molecule has 2 fully saturated rings. The van der Waals surface area contributed by atoms with Crippen LogP contribution in [0.3, 0.4) is 0 Å². The Balaban J connectivity index is 1.59. The molecule has 0 atom stereocenters. The monoisotopic (exact) mass is 579 g/mol. The number of aromatic nitrogens is 1. The van der Waals surface area contributed by atoms with Crippen LogP contribution in [0.5, 0.6) is 5.75 Å². The van der Waals surface area contributed by atoms with Gasteiger partial charge in [-0.05, 0) is 104 Å². The van der Waals surface area contributed by atoms with Gasteiger partial charge >= 0.3 is 5.97 Å². The van der Waals surface area contributed by atoms with Gasteiger partial charge in [0, 0.05) is 35.7 Å². The Kier molecular flexibility index (Phi) is 10.1. The van der Waals surface area contributed by atoms with E-state index in [9.17, 15) is 14.7 Å². The fourth-order valence-corrected chi connectivity index (χ4v) is 6.65. The highest BCUT2D eigenvalue weighted by molar-refractivity contribution is 7.15. The van der Waals surface area contributed by atoms with E-state index in [2.05, 4.69) is 28.6 Å². The maximum atomic E-state index is 14.2. The first kappa shape index (κ1) is 31.1. The van der Waals surface area contributed by atoms with Crippen molar-refractivity contribution in [3.8, 4) is 17.6 Å². The summed E-state index contributed by atoms with van der Waals surface area (Å²) in [4.78, 5) is 35.7. The standard InChI is InChI=1S/C33H45N3O4S/c1-22-7-9-23(10-8-22)31(37)36(28-19-27(15-17-33(2,3)4)41-30(28)32(38)39)25-11-13-26(14-12-25)40-29-20-34-18-16-24(29)21-35(5)6/h16,18-20,22-23,25-26H,7-14,21H2,1-6H3,(H,38,39). The van der Waals surface area contributed by atoms with E-state index in [0.29, 0.717) is 16.5 Å². The number of pyridine rings is 1. The van der Waals surface area contributed by atoms with E-state index < -0.39 is 5.97 Å². The molecule has 4 rings (SSSR count). The lowest BCUT2D eigenvalue weighted by Crippen LogP contribution is -2.47. The molecule has 1 amide bonds. The lowest BCUT2D eigenvalue weighted by molar-refractivity contribution is -0.124. The van der Waals surface area contributed by atoms with Gasteiger partial charge in [-0.25, -0.2) is 4.79 Å². The smallest absolute Gasteiger partial charge is 0.348 e. The van der Waals surface area contributed by atoms with Crippen LogP contribution in [0, 0.1) is 29.1 Å². The molecule has 0 spiro atoms. The number of carboxylic acids is 1. The van der Waals surface area contributed by atoms with Crippen LogP contribution in [0.2, 0.25) is 0 Å². The van der Waals surface area contributed by atoms with E-state index >= 15 is 0 Å². The fourth-order valence-electron chi connectivity index (χ4n) is 5.81. The molecular formula is C33H45N3O4S. The zero-order valence-corrected chi connectivity index (χ0v) is 26.2. The van der Waals surface area contributed by atoms with E-state index in [4.69, 9.17) is 4.74 Å². The molecule has 222 valence electrons. The molecular weight excluding hydrogens is 534 g/mol. The van der Waals surface area contributed by atoms with E-state index in [0.717, 1.165) is 69.2 Å². The molecule has 7 nitrogen and oxygen atoms in total. The van der Waals surface area contributed by atoms with E-state index in [1.165, 1.54) is 11.3 Å². The summed E-state index contributed by atoms with van der Waals surface area (Å²) < 4.78 is 6.44. The maximum absolute atomic E-state index is 14.2. The van der Waals surface area contributed by atoms with Gasteiger partial charge in [0.15, 0.2) is 0 Å². The lowest BCUT2D eigenvalue weighted by Gasteiger charge is -2.39. The topological polar surface area (TPSA) is 83.0 Å². The first-order valence-electron chi connectivity index (χ1n) is 14.9. The highest BCUT2D eigenvalue weighted by Crippen LogP contribution is 2.39. The molecule has 2 heterocycles. The minimum Gasteiger partial charge on any atom is -0.488 e. The molecule has 1 N–H and O–H groups in total. The van der Waals surface area contributed by atoms with Crippen molar-refractivity contribution in [3.63, 3.8) is 0 Å². The number of nitrogens with zero attached hydrogens (tertiary/aromatic N) is 3. The van der Waals surface area contributed by atoms with Gasteiger partial charge in [-0.1, -0.05) is 18.8 Å². The van der Waals surface area contributed by atoms with Gasteiger partial charge in [-0.15, -0.1) is 11.3 Å². The zero-order chi connectivity index (χ0) is 29.7. The first-order valence-corrected chi connectivity index (χ1v) is 15.7. The molecule has 0 bridgehead atoms. The molecule has 2 aromatic heterocycles. The Morgan fingerprint density at radius 2 is 1.78 bits per heavy atom. The number of rotatable bonds is 8. The third-order valence-electron chi connectivity index (χ3n) is 7.99. The molecule has 2 aromatic rings. The summed E-state index contributed by atoms with van der Waals surface area (Å²) in [6, 6.07) is 3.76. The number of carbonyl (C=O) groups excluding carboxylic acids is 1. The van der Waals surface area contributed by atoms with Gasteiger partial charge in [0.25, 0.3) is 0 Å². The van der Waals surface area contributed by atoms with Gasteiger partial charge in [-0.3, -0.25) is 9.78 Å². The number of carbonyl (C=O) groups is 2. The van der Waals surface area contributed by atoms with Crippen molar-refractivity contribution in [1.82, 2.24) is 9.88 Å². The molecule has 2 saturated carbocycles. The number of hydrogen-bond acceptors (Lipinski definition) is 6. The average molecular weight is 580 g/mol. The Bertz CT molecular complexity index is 1270. The summed E-state index contributed by atoms with van der Waals surface area (Å²) in [6.07, 6.45) is 10.5. The SMILES string of the molecule is CC1CCC(C(=O)N(c2cc(C#CC(C)(C)C)sc2C(=O)O)C2CCC(Oc3cnccc3CN(C)C)CC2)CC1. The minimum absolute atomic E-state index is 0.0264. The van der Waals surface area contributed by atoms with Crippen LogP contribution in [0.4, 0.5) is 5.69 Å². The minimum atomic E-state index is -1.01. The van der Waals surface area contributed by atoms with Crippen LogP contribution >= 0.6 is 11.3 Å². The molecule has 0 radical (unpaired) electrons. The molecule has 41 heavy (non-hydrogen) atoms. The highest BCUT2D eigenvalue weighted by atomic mass is 32.1. The van der Waals surface area contributed by atoms with Crippen LogP contribution in [0.25, 0.3) is 0 Å². The van der Waals surface area contributed by atoms with Crippen molar-refractivity contribution in [3.05, 3.63) is 39.8 Å². The van der Waals surface area contributed by atoms with E-state index in [1.807, 2.05) is 51.9 Å². The van der Waals surface area contributed by atoms with Crippen molar-refractivity contribution < 1.29 is 19.4 Å². The normalized spacial score (nSPS) is 23.0. The Morgan fingerprint density at radius 3 is 2.39 bits per heavy atom. The third kappa shape index (κ3) is 8.33. The van der Waals surface area contributed by atoms with Crippen LogP contribution in [-0.2, 0) is 11.3 Å². The van der Waals surface area contributed by atoms with Crippen LogP contribution < -0.4 is 9.64 Å². The number of ether oxygens (including phenoxy) is 1. The van der Waals surface area contributed by atoms with Crippen LogP contribution in [0.15, 0.2) is 24.5 Å². The fraction of sp³-hybridized carbons (Fsp3) is 0.606. The van der Waals surface area contributed by atoms with Gasteiger partial charge in [0.1, 0.15) is 10.6 Å². The predicted molar refractivity (Wildman–Crippen MR) is 165 cm³/mol. The molecule has 2 aliphatic carbocycles. The molecule has 0 aromatic carbocycles. The highest BCUT2D eigenvalue weighted by Gasteiger charge is 2.38. The molecule has 0 aliphatic heterocycles. The summed E-state index contributed by atoms with van der Waals surface area (Å²) in [6.45, 7) is 9.10. The molecule has 0 unspecified atom stereocenters.